The fourth-order valence-corrected chi connectivity index (χ4v) is 4.65. The molecule has 2 aromatic carbocycles. The summed E-state index contributed by atoms with van der Waals surface area (Å²) >= 11 is 1.08. The van der Waals surface area contributed by atoms with E-state index in [1.165, 1.54) is 19.1 Å². The van der Waals surface area contributed by atoms with Crippen molar-refractivity contribution in [3.05, 3.63) is 57.4 Å². The van der Waals surface area contributed by atoms with Gasteiger partial charge in [0.25, 0.3) is 10.0 Å². The van der Waals surface area contributed by atoms with Crippen molar-refractivity contribution in [1.29, 1.82) is 0 Å². The molecule has 5 nitrogen and oxygen atoms in total. The molecule has 0 fully saturated rings. The SMILES string of the molecule is CCCn1c(=O)sc2cc(NS(=O)(=O)c3ccc(F)c(C)c3)ccc21. The highest BCUT2D eigenvalue weighted by Crippen LogP contribution is 2.24. The first kappa shape index (κ1) is 17.6. The molecule has 0 radical (unpaired) electrons. The molecular weight excluding hydrogens is 363 g/mol. The molecule has 0 aliphatic carbocycles. The van der Waals surface area contributed by atoms with Gasteiger partial charge in [-0.15, -0.1) is 0 Å². The van der Waals surface area contributed by atoms with Gasteiger partial charge in [-0.05, 0) is 55.3 Å². The van der Waals surface area contributed by atoms with Crippen molar-refractivity contribution in [3.8, 4) is 0 Å². The van der Waals surface area contributed by atoms with E-state index in [1.807, 2.05) is 6.92 Å². The lowest BCUT2D eigenvalue weighted by molar-refractivity contribution is 0.598. The number of anilines is 1. The van der Waals surface area contributed by atoms with Gasteiger partial charge in [0.15, 0.2) is 0 Å². The van der Waals surface area contributed by atoms with E-state index in [0.717, 1.165) is 29.3 Å². The van der Waals surface area contributed by atoms with Gasteiger partial charge in [-0.1, -0.05) is 18.3 Å². The highest BCUT2D eigenvalue weighted by molar-refractivity contribution is 7.92. The normalized spacial score (nSPS) is 11.8. The molecule has 3 rings (SSSR count). The second-order valence-corrected chi connectivity index (χ2v) is 8.39. The lowest BCUT2D eigenvalue weighted by Crippen LogP contribution is -2.13. The van der Waals surface area contributed by atoms with Crippen molar-refractivity contribution in [2.45, 2.75) is 31.7 Å². The topological polar surface area (TPSA) is 68.2 Å². The number of nitrogens with one attached hydrogen (secondary N) is 1. The van der Waals surface area contributed by atoms with Crippen LogP contribution in [-0.4, -0.2) is 13.0 Å². The smallest absolute Gasteiger partial charge is 0.299 e. The fraction of sp³-hybridized carbons (Fsp3) is 0.235. The highest BCUT2D eigenvalue weighted by atomic mass is 32.2. The van der Waals surface area contributed by atoms with E-state index in [0.29, 0.717) is 16.9 Å². The van der Waals surface area contributed by atoms with Crippen LogP contribution in [0.4, 0.5) is 10.1 Å². The molecule has 3 aromatic rings. The Balaban J connectivity index is 1.97. The first-order valence-electron chi connectivity index (χ1n) is 7.74. The van der Waals surface area contributed by atoms with Crippen molar-refractivity contribution >= 4 is 37.3 Å². The number of thiazole rings is 1. The Morgan fingerprint density at radius 1 is 1.20 bits per heavy atom. The van der Waals surface area contributed by atoms with Gasteiger partial charge in [0.1, 0.15) is 5.82 Å². The molecule has 0 spiro atoms. The molecule has 132 valence electrons. The summed E-state index contributed by atoms with van der Waals surface area (Å²) in [5.41, 5.74) is 1.41. The van der Waals surface area contributed by atoms with Gasteiger partial charge in [-0.2, -0.15) is 0 Å². The molecule has 1 heterocycles. The predicted molar refractivity (Wildman–Crippen MR) is 98.3 cm³/mol. The first-order chi connectivity index (χ1) is 11.8. The maximum absolute atomic E-state index is 13.3. The number of rotatable bonds is 5. The van der Waals surface area contributed by atoms with Gasteiger partial charge in [-0.3, -0.25) is 14.1 Å². The van der Waals surface area contributed by atoms with Crippen LogP contribution < -0.4 is 9.60 Å². The van der Waals surface area contributed by atoms with E-state index >= 15 is 0 Å². The summed E-state index contributed by atoms with van der Waals surface area (Å²) in [7, 11) is -3.83. The molecule has 0 bridgehead atoms. The molecule has 25 heavy (non-hydrogen) atoms. The van der Waals surface area contributed by atoms with E-state index in [9.17, 15) is 17.6 Å². The Hall–Kier alpha value is -2.19. The Labute approximate surface area is 148 Å². The zero-order chi connectivity index (χ0) is 18.2. The molecule has 8 heteroatoms. The van der Waals surface area contributed by atoms with E-state index in [4.69, 9.17) is 0 Å². The molecule has 0 saturated heterocycles. The third kappa shape index (κ3) is 3.45. The quantitative estimate of drug-likeness (QED) is 0.733. The van der Waals surface area contributed by atoms with Crippen LogP contribution in [0.1, 0.15) is 18.9 Å². The number of aryl methyl sites for hydroxylation is 2. The minimum absolute atomic E-state index is 0.0109. The number of halogens is 1. The van der Waals surface area contributed by atoms with Crippen LogP contribution in [0.3, 0.4) is 0 Å². The third-order valence-electron chi connectivity index (χ3n) is 3.81. The minimum atomic E-state index is -3.83. The average Bonchev–Trinajstić information content (AvgIpc) is 2.85. The Morgan fingerprint density at radius 3 is 2.64 bits per heavy atom. The van der Waals surface area contributed by atoms with Crippen LogP contribution in [0.2, 0.25) is 0 Å². The van der Waals surface area contributed by atoms with Crippen LogP contribution in [0.5, 0.6) is 0 Å². The van der Waals surface area contributed by atoms with Crippen molar-refractivity contribution < 1.29 is 12.8 Å². The number of aromatic nitrogens is 1. The number of nitrogens with zero attached hydrogens (tertiary/aromatic N) is 1. The molecule has 0 aliphatic rings. The summed E-state index contributed by atoms with van der Waals surface area (Å²) in [5.74, 6) is -0.456. The number of sulfonamides is 1. The van der Waals surface area contributed by atoms with Crippen molar-refractivity contribution in [3.63, 3.8) is 0 Å². The van der Waals surface area contributed by atoms with Crippen LogP contribution >= 0.6 is 11.3 Å². The van der Waals surface area contributed by atoms with Crippen LogP contribution in [0.15, 0.2) is 46.1 Å². The standard InChI is InChI=1S/C17H17FN2O3S2/c1-3-8-20-15-7-4-12(10-16(15)24-17(20)21)19-25(22,23)13-5-6-14(18)11(2)9-13/h4-7,9-10,19H,3,8H2,1-2H3. The van der Waals surface area contributed by atoms with E-state index in [1.54, 1.807) is 22.8 Å². The molecule has 0 aliphatic heterocycles. The molecule has 1 N–H and O–H groups in total. The van der Waals surface area contributed by atoms with Gasteiger partial charge >= 0.3 is 4.87 Å². The molecule has 0 atom stereocenters. The van der Waals surface area contributed by atoms with Crippen LogP contribution in [0, 0.1) is 12.7 Å². The van der Waals surface area contributed by atoms with Gasteiger partial charge in [0.2, 0.25) is 0 Å². The minimum Gasteiger partial charge on any atom is -0.299 e. The summed E-state index contributed by atoms with van der Waals surface area (Å²) in [6.07, 6.45) is 0.837. The first-order valence-corrected chi connectivity index (χ1v) is 10.0. The third-order valence-corrected chi connectivity index (χ3v) is 6.13. The summed E-state index contributed by atoms with van der Waals surface area (Å²) in [6, 6.07) is 8.63. The van der Waals surface area contributed by atoms with Gasteiger partial charge in [-0.25, -0.2) is 12.8 Å². The summed E-state index contributed by atoms with van der Waals surface area (Å²) < 4.78 is 43.2. The second-order valence-electron chi connectivity index (χ2n) is 5.72. The second kappa shape index (κ2) is 6.61. The monoisotopic (exact) mass is 380 g/mol. The fourth-order valence-electron chi connectivity index (χ4n) is 2.56. The molecule has 0 amide bonds. The lowest BCUT2D eigenvalue weighted by Gasteiger charge is -2.09. The van der Waals surface area contributed by atoms with Gasteiger partial charge < -0.3 is 0 Å². The summed E-state index contributed by atoms with van der Waals surface area (Å²) in [6.45, 7) is 4.12. The maximum atomic E-state index is 13.3. The van der Waals surface area contributed by atoms with Crippen LogP contribution in [0.25, 0.3) is 10.2 Å². The van der Waals surface area contributed by atoms with Crippen molar-refractivity contribution in [1.82, 2.24) is 4.57 Å². The number of hydrogen-bond donors (Lipinski definition) is 1. The Kier molecular flexibility index (Phi) is 4.66. The molecule has 1 aromatic heterocycles. The molecule has 0 unspecified atom stereocenters. The molecule has 0 saturated carbocycles. The number of fused-ring (bicyclic) bond motifs is 1. The van der Waals surface area contributed by atoms with E-state index in [-0.39, 0.29) is 15.3 Å². The average molecular weight is 380 g/mol. The zero-order valence-electron chi connectivity index (χ0n) is 13.7. The van der Waals surface area contributed by atoms with Crippen LogP contribution in [-0.2, 0) is 16.6 Å². The molecular formula is C17H17FN2O3S2. The lowest BCUT2D eigenvalue weighted by atomic mass is 10.2. The Bertz CT molecular complexity index is 1100. The predicted octanol–water partition coefficient (Wildman–Crippen LogP) is 3.72. The highest BCUT2D eigenvalue weighted by Gasteiger charge is 2.16. The zero-order valence-corrected chi connectivity index (χ0v) is 15.4. The maximum Gasteiger partial charge on any atom is 0.308 e. The Morgan fingerprint density at radius 2 is 1.96 bits per heavy atom. The number of hydrogen-bond acceptors (Lipinski definition) is 4. The summed E-state index contributed by atoms with van der Waals surface area (Å²) in [4.78, 5) is 11.9. The summed E-state index contributed by atoms with van der Waals surface area (Å²) in [5, 5.41) is 0. The largest absolute Gasteiger partial charge is 0.308 e. The number of benzene rings is 2. The van der Waals surface area contributed by atoms with E-state index < -0.39 is 15.8 Å². The van der Waals surface area contributed by atoms with Crippen molar-refractivity contribution in [2.75, 3.05) is 4.72 Å². The van der Waals surface area contributed by atoms with Gasteiger partial charge in [0, 0.05) is 6.54 Å². The van der Waals surface area contributed by atoms with E-state index in [2.05, 4.69) is 4.72 Å². The van der Waals surface area contributed by atoms with Gasteiger partial charge in [0.05, 0.1) is 20.8 Å². The van der Waals surface area contributed by atoms with Crippen molar-refractivity contribution in [2.24, 2.45) is 0 Å².